The van der Waals surface area contributed by atoms with Gasteiger partial charge in [-0.3, -0.25) is 0 Å². The van der Waals surface area contributed by atoms with Gasteiger partial charge in [0.15, 0.2) is 0 Å². The van der Waals surface area contributed by atoms with Gasteiger partial charge >= 0.3 is 0 Å². The van der Waals surface area contributed by atoms with Crippen molar-refractivity contribution in [1.82, 2.24) is 9.97 Å². The van der Waals surface area contributed by atoms with Crippen LogP contribution < -0.4 is 11.1 Å². The molecule has 0 spiro atoms. The van der Waals surface area contributed by atoms with Crippen molar-refractivity contribution in [3.05, 3.63) is 17.5 Å². The molecule has 4 nitrogen and oxygen atoms in total. The quantitative estimate of drug-likeness (QED) is 0.481. The summed E-state index contributed by atoms with van der Waals surface area (Å²) in [5, 5.41) is 3.55. The molecule has 1 rings (SSSR count). The molecule has 5 heteroatoms. The van der Waals surface area contributed by atoms with Gasteiger partial charge in [0, 0.05) is 12.7 Å². The number of aromatic nitrogens is 2. The average Bonchev–Trinajstić information content (AvgIpc) is 2.41. The number of hydrogen-bond donors (Lipinski definition) is 2. The summed E-state index contributed by atoms with van der Waals surface area (Å²) in [4.78, 5) is 7.93. The van der Waals surface area contributed by atoms with Crippen LogP contribution in [0.1, 0.15) is 51.4 Å². The first-order valence-electron chi connectivity index (χ1n) is 7.25. The molecule has 0 amide bonds. The highest BCUT2D eigenvalue weighted by atomic mass is 35.5. The van der Waals surface area contributed by atoms with Gasteiger partial charge in [-0.1, -0.05) is 38.5 Å². The Morgan fingerprint density at radius 1 is 1.00 bits per heavy atom. The topological polar surface area (TPSA) is 63.8 Å². The maximum Gasteiger partial charge on any atom is 0.224 e. The molecule has 3 N–H and O–H groups in total. The Labute approximate surface area is 121 Å². The average molecular weight is 285 g/mol. The predicted molar refractivity (Wildman–Crippen MR) is 81.5 cm³/mol. The van der Waals surface area contributed by atoms with Crippen LogP contribution in [-0.4, -0.2) is 23.1 Å². The summed E-state index contributed by atoms with van der Waals surface area (Å²) in [6.07, 6.45) is 11.9. The fourth-order valence-corrected chi connectivity index (χ4v) is 2.13. The van der Waals surface area contributed by atoms with Crippen molar-refractivity contribution >= 4 is 17.4 Å². The van der Waals surface area contributed by atoms with Gasteiger partial charge in [-0.15, -0.1) is 0 Å². The van der Waals surface area contributed by atoms with Crippen molar-refractivity contribution in [3.63, 3.8) is 0 Å². The number of anilines is 1. The van der Waals surface area contributed by atoms with Gasteiger partial charge in [-0.25, -0.2) is 9.97 Å². The van der Waals surface area contributed by atoms with E-state index in [1.54, 1.807) is 6.20 Å². The van der Waals surface area contributed by atoms with E-state index in [2.05, 4.69) is 15.3 Å². The third kappa shape index (κ3) is 8.78. The van der Waals surface area contributed by atoms with Crippen molar-refractivity contribution in [1.29, 1.82) is 0 Å². The van der Waals surface area contributed by atoms with Crippen molar-refractivity contribution in [3.8, 4) is 0 Å². The first-order valence-corrected chi connectivity index (χ1v) is 7.63. The van der Waals surface area contributed by atoms with E-state index in [1.165, 1.54) is 51.4 Å². The minimum absolute atomic E-state index is 0.294. The van der Waals surface area contributed by atoms with Crippen LogP contribution in [0.3, 0.4) is 0 Å². The molecule has 1 aromatic heterocycles. The SMILES string of the molecule is NCCCCCCCCCCNc1ccnc(Cl)n1. The molecular weight excluding hydrogens is 260 g/mol. The highest BCUT2D eigenvalue weighted by Crippen LogP contribution is 2.09. The summed E-state index contributed by atoms with van der Waals surface area (Å²) in [5.74, 6) is 0.807. The maximum absolute atomic E-state index is 5.71. The zero-order chi connectivity index (χ0) is 13.8. The van der Waals surface area contributed by atoms with Crippen LogP contribution in [0.15, 0.2) is 12.3 Å². The Morgan fingerprint density at radius 3 is 2.26 bits per heavy atom. The van der Waals surface area contributed by atoms with E-state index >= 15 is 0 Å². The van der Waals surface area contributed by atoms with E-state index in [0.717, 1.165) is 18.9 Å². The Hall–Kier alpha value is -0.870. The molecule has 1 aromatic rings. The van der Waals surface area contributed by atoms with Crippen LogP contribution in [-0.2, 0) is 0 Å². The zero-order valence-electron chi connectivity index (χ0n) is 11.6. The van der Waals surface area contributed by atoms with Gasteiger partial charge in [0.2, 0.25) is 5.28 Å². The fourth-order valence-electron chi connectivity index (χ4n) is 1.98. The predicted octanol–water partition coefficient (Wildman–Crippen LogP) is 3.62. The van der Waals surface area contributed by atoms with Crippen molar-refractivity contribution in [2.75, 3.05) is 18.4 Å². The van der Waals surface area contributed by atoms with E-state index in [1.807, 2.05) is 6.07 Å². The molecule has 1 heterocycles. The Kier molecular flexibility index (Phi) is 9.37. The monoisotopic (exact) mass is 284 g/mol. The highest BCUT2D eigenvalue weighted by Gasteiger charge is 1.96. The van der Waals surface area contributed by atoms with E-state index < -0.39 is 0 Å². The smallest absolute Gasteiger partial charge is 0.224 e. The van der Waals surface area contributed by atoms with Crippen LogP contribution in [0, 0.1) is 0 Å². The minimum Gasteiger partial charge on any atom is -0.370 e. The van der Waals surface area contributed by atoms with Crippen molar-refractivity contribution < 1.29 is 0 Å². The van der Waals surface area contributed by atoms with Crippen LogP contribution in [0.25, 0.3) is 0 Å². The lowest BCUT2D eigenvalue weighted by atomic mass is 10.1. The zero-order valence-corrected chi connectivity index (χ0v) is 12.3. The molecule has 0 saturated heterocycles. The number of nitrogens with one attached hydrogen (secondary N) is 1. The number of nitrogens with zero attached hydrogens (tertiary/aromatic N) is 2. The highest BCUT2D eigenvalue weighted by molar-refractivity contribution is 6.28. The summed E-state index contributed by atoms with van der Waals surface area (Å²) >= 11 is 5.71. The first kappa shape index (κ1) is 16.2. The minimum atomic E-state index is 0.294. The Bertz CT molecular complexity index is 333. The lowest BCUT2D eigenvalue weighted by molar-refractivity contribution is 0.574. The molecule has 0 aliphatic heterocycles. The molecule has 0 fully saturated rings. The standard InChI is InChI=1S/C14H25ClN4/c15-14-18-12-9-13(19-14)17-11-8-6-4-2-1-3-5-7-10-16/h9,12H,1-8,10-11,16H2,(H,17,18,19). The molecular formula is C14H25ClN4. The normalized spacial score (nSPS) is 10.6. The van der Waals surface area contributed by atoms with Crippen molar-refractivity contribution in [2.45, 2.75) is 51.4 Å². The summed E-state index contributed by atoms with van der Waals surface area (Å²) in [7, 11) is 0. The van der Waals surface area contributed by atoms with Gasteiger partial charge in [0.25, 0.3) is 0 Å². The second kappa shape index (κ2) is 11.0. The van der Waals surface area contributed by atoms with Crippen LogP contribution in [0.2, 0.25) is 5.28 Å². The van der Waals surface area contributed by atoms with Crippen LogP contribution in [0.4, 0.5) is 5.82 Å². The number of hydrogen-bond acceptors (Lipinski definition) is 4. The third-order valence-electron chi connectivity index (χ3n) is 3.06. The molecule has 0 saturated carbocycles. The van der Waals surface area contributed by atoms with Gasteiger partial charge in [0.1, 0.15) is 5.82 Å². The largest absolute Gasteiger partial charge is 0.370 e. The van der Waals surface area contributed by atoms with Crippen molar-refractivity contribution in [2.24, 2.45) is 5.73 Å². The second-order valence-electron chi connectivity index (χ2n) is 4.75. The van der Waals surface area contributed by atoms with E-state index in [9.17, 15) is 0 Å². The van der Waals surface area contributed by atoms with Crippen LogP contribution >= 0.6 is 11.6 Å². The lowest BCUT2D eigenvalue weighted by Gasteiger charge is -2.05. The second-order valence-corrected chi connectivity index (χ2v) is 5.09. The third-order valence-corrected chi connectivity index (χ3v) is 3.25. The molecule has 0 unspecified atom stereocenters. The number of unbranched alkanes of at least 4 members (excludes halogenated alkanes) is 7. The summed E-state index contributed by atoms with van der Waals surface area (Å²) in [6.45, 7) is 1.78. The van der Waals surface area contributed by atoms with Gasteiger partial charge < -0.3 is 11.1 Å². The van der Waals surface area contributed by atoms with E-state index in [-0.39, 0.29) is 0 Å². The lowest BCUT2D eigenvalue weighted by Crippen LogP contribution is -2.03. The van der Waals surface area contributed by atoms with E-state index in [4.69, 9.17) is 17.3 Å². The number of nitrogens with two attached hydrogens (primary N) is 1. The fraction of sp³-hybridized carbons (Fsp3) is 0.714. The molecule has 0 aromatic carbocycles. The molecule has 0 atom stereocenters. The Morgan fingerprint density at radius 2 is 1.63 bits per heavy atom. The van der Waals surface area contributed by atoms with Gasteiger partial charge in [-0.2, -0.15) is 0 Å². The molecule has 0 radical (unpaired) electrons. The summed E-state index contributed by atoms with van der Waals surface area (Å²) in [6, 6.07) is 1.84. The van der Waals surface area contributed by atoms with Crippen LogP contribution in [0.5, 0.6) is 0 Å². The van der Waals surface area contributed by atoms with Gasteiger partial charge in [-0.05, 0) is 37.1 Å². The molecule has 0 aliphatic rings. The Balaban J connectivity index is 1.89. The molecule has 0 aliphatic carbocycles. The van der Waals surface area contributed by atoms with E-state index in [0.29, 0.717) is 5.28 Å². The summed E-state index contributed by atoms with van der Waals surface area (Å²) < 4.78 is 0. The number of halogens is 1. The molecule has 0 bridgehead atoms. The molecule has 108 valence electrons. The maximum atomic E-state index is 5.71. The molecule has 19 heavy (non-hydrogen) atoms. The summed E-state index contributed by atoms with van der Waals surface area (Å²) in [5.41, 5.74) is 5.46. The van der Waals surface area contributed by atoms with Gasteiger partial charge in [0.05, 0.1) is 0 Å². The number of rotatable bonds is 11. The first-order chi connectivity index (χ1) is 9.33.